The predicted octanol–water partition coefficient (Wildman–Crippen LogP) is 6.49. The molecule has 1 aliphatic rings. The first-order chi connectivity index (χ1) is 13.5. The lowest BCUT2D eigenvalue weighted by molar-refractivity contribution is -0.119. The van der Waals surface area contributed by atoms with E-state index in [1.807, 2.05) is 59.3 Å². The second-order valence-corrected chi connectivity index (χ2v) is 9.52. The summed E-state index contributed by atoms with van der Waals surface area (Å²) in [6.45, 7) is 0. The third-order valence-electron chi connectivity index (χ3n) is 4.63. The van der Waals surface area contributed by atoms with Crippen molar-refractivity contribution in [3.8, 4) is 0 Å². The Kier molecular flexibility index (Phi) is 5.56. The van der Waals surface area contributed by atoms with E-state index in [9.17, 15) is 9.90 Å². The third-order valence-corrected chi connectivity index (χ3v) is 7.48. The van der Waals surface area contributed by atoms with Gasteiger partial charge in [-0.05, 0) is 52.2 Å². The standard InChI is InChI=1S/C21H15BrClNO2S2/c22-15-7-5-13(6-8-15)21(14-9-10-27-12-14)11-17(25)19(20(26)24-21)28-18-4-2-1-3-16(18)23/h1-10,12,25H,11H2,(H,24,26). The summed E-state index contributed by atoms with van der Waals surface area (Å²) in [5.74, 6) is -0.259. The van der Waals surface area contributed by atoms with Crippen LogP contribution < -0.4 is 5.32 Å². The Morgan fingerprint density at radius 1 is 1.11 bits per heavy atom. The number of aliphatic hydroxyl groups is 1. The van der Waals surface area contributed by atoms with Crippen molar-refractivity contribution >= 4 is 56.5 Å². The van der Waals surface area contributed by atoms with Crippen LogP contribution in [-0.4, -0.2) is 11.0 Å². The lowest BCUT2D eigenvalue weighted by atomic mass is 9.79. The van der Waals surface area contributed by atoms with E-state index < -0.39 is 5.54 Å². The summed E-state index contributed by atoms with van der Waals surface area (Å²) >= 11 is 12.4. The molecule has 2 N–H and O–H groups in total. The van der Waals surface area contributed by atoms with E-state index >= 15 is 0 Å². The summed E-state index contributed by atoms with van der Waals surface area (Å²) < 4.78 is 0.952. The minimum atomic E-state index is -0.813. The van der Waals surface area contributed by atoms with E-state index in [0.717, 1.165) is 20.5 Å². The smallest absolute Gasteiger partial charge is 0.262 e. The SMILES string of the molecule is O=C1NC(c2ccc(Br)cc2)(c2ccsc2)CC(O)=C1Sc1ccccc1Cl. The van der Waals surface area contributed by atoms with Crippen LogP contribution in [0.25, 0.3) is 0 Å². The lowest BCUT2D eigenvalue weighted by Crippen LogP contribution is -2.50. The summed E-state index contributed by atoms with van der Waals surface area (Å²) in [4.78, 5) is 14.1. The van der Waals surface area contributed by atoms with Gasteiger partial charge in [0.05, 0.1) is 10.6 Å². The number of thioether (sulfide) groups is 1. The minimum Gasteiger partial charge on any atom is -0.511 e. The van der Waals surface area contributed by atoms with Gasteiger partial charge in [0.25, 0.3) is 5.91 Å². The summed E-state index contributed by atoms with van der Waals surface area (Å²) in [6, 6.07) is 17.0. The maximum Gasteiger partial charge on any atom is 0.262 e. The van der Waals surface area contributed by atoms with Gasteiger partial charge in [-0.15, -0.1) is 0 Å². The van der Waals surface area contributed by atoms with E-state index in [1.165, 1.54) is 11.8 Å². The fraction of sp³-hybridized carbons (Fsp3) is 0.0952. The molecule has 1 unspecified atom stereocenters. The summed E-state index contributed by atoms with van der Waals surface area (Å²) in [5.41, 5.74) is 1.05. The zero-order valence-electron chi connectivity index (χ0n) is 14.5. The molecule has 2 aromatic carbocycles. The largest absolute Gasteiger partial charge is 0.511 e. The number of amides is 1. The molecular formula is C21H15BrClNO2S2. The molecule has 0 radical (unpaired) electrons. The molecule has 4 rings (SSSR count). The molecule has 28 heavy (non-hydrogen) atoms. The van der Waals surface area contributed by atoms with Crippen molar-refractivity contribution in [2.75, 3.05) is 0 Å². The van der Waals surface area contributed by atoms with Gasteiger partial charge in [-0.3, -0.25) is 4.79 Å². The van der Waals surface area contributed by atoms with Crippen molar-refractivity contribution in [1.29, 1.82) is 0 Å². The van der Waals surface area contributed by atoms with E-state index in [4.69, 9.17) is 11.6 Å². The second-order valence-electron chi connectivity index (χ2n) is 6.36. The zero-order chi connectivity index (χ0) is 19.7. The topological polar surface area (TPSA) is 49.3 Å². The Hall–Kier alpha value is -1.73. The average Bonchev–Trinajstić information content (AvgIpc) is 3.22. The molecule has 142 valence electrons. The van der Waals surface area contributed by atoms with Crippen LogP contribution in [0.4, 0.5) is 0 Å². The maximum absolute atomic E-state index is 13.1. The quantitative estimate of drug-likeness (QED) is 0.438. The molecule has 1 aliphatic heterocycles. The third kappa shape index (κ3) is 3.62. The Morgan fingerprint density at radius 3 is 2.50 bits per heavy atom. The second kappa shape index (κ2) is 7.95. The molecule has 7 heteroatoms. The number of thiophene rings is 1. The molecule has 0 aliphatic carbocycles. The average molecular weight is 493 g/mol. The Morgan fingerprint density at radius 2 is 1.86 bits per heavy atom. The molecular weight excluding hydrogens is 478 g/mol. The van der Waals surface area contributed by atoms with Gasteiger partial charge < -0.3 is 10.4 Å². The van der Waals surface area contributed by atoms with Gasteiger partial charge in [0.2, 0.25) is 0 Å². The van der Waals surface area contributed by atoms with E-state index in [1.54, 1.807) is 17.4 Å². The molecule has 0 saturated carbocycles. The number of carbonyl (C=O) groups excluding carboxylic acids is 1. The summed E-state index contributed by atoms with van der Waals surface area (Å²) in [5, 5.41) is 18.6. The summed E-state index contributed by atoms with van der Waals surface area (Å²) in [6.07, 6.45) is 0.268. The minimum absolute atomic E-state index is 0.0581. The number of benzene rings is 2. The van der Waals surface area contributed by atoms with Gasteiger partial charge in [-0.2, -0.15) is 11.3 Å². The maximum atomic E-state index is 13.1. The summed E-state index contributed by atoms with van der Waals surface area (Å²) in [7, 11) is 0. The van der Waals surface area contributed by atoms with Gasteiger partial charge in [0, 0.05) is 15.8 Å². The molecule has 0 spiro atoms. The van der Waals surface area contributed by atoms with E-state index in [-0.39, 0.29) is 23.0 Å². The van der Waals surface area contributed by atoms with Crippen LogP contribution in [0.1, 0.15) is 17.5 Å². The molecule has 1 atom stereocenters. The zero-order valence-corrected chi connectivity index (χ0v) is 18.5. The van der Waals surface area contributed by atoms with Crippen molar-refractivity contribution < 1.29 is 9.90 Å². The van der Waals surface area contributed by atoms with Gasteiger partial charge in [0.1, 0.15) is 10.7 Å². The first-order valence-corrected chi connectivity index (χ1v) is 11.4. The van der Waals surface area contributed by atoms with Crippen molar-refractivity contribution in [3.63, 3.8) is 0 Å². The van der Waals surface area contributed by atoms with Crippen LogP contribution in [0.5, 0.6) is 0 Å². The van der Waals surface area contributed by atoms with Gasteiger partial charge in [0.15, 0.2) is 0 Å². The van der Waals surface area contributed by atoms with E-state index in [2.05, 4.69) is 21.2 Å². The number of hydrogen-bond donors (Lipinski definition) is 2. The number of aliphatic hydroxyl groups excluding tert-OH is 1. The normalized spacial score (nSPS) is 19.6. The number of halogens is 2. The first-order valence-electron chi connectivity index (χ1n) is 8.45. The molecule has 2 heterocycles. The number of carbonyl (C=O) groups is 1. The highest BCUT2D eigenvalue weighted by Gasteiger charge is 2.43. The monoisotopic (exact) mass is 491 g/mol. The number of hydrogen-bond acceptors (Lipinski definition) is 4. The Labute approximate surface area is 184 Å². The van der Waals surface area contributed by atoms with Crippen LogP contribution >= 0.6 is 50.6 Å². The van der Waals surface area contributed by atoms with Crippen LogP contribution in [0.15, 0.2) is 85.4 Å². The molecule has 3 aromatic rings. The number of nitrogens with one attached hydrogen (secondary N) is 1. The highest BCUT2D eigenvalue weighted by Crippen LogP contribution is 2.44. The highest BCUT2D eigenvalue weighted by molar-refractivity contribution is 9.10. The molecule has 0 saturated heterocycles. The fourth-order valence-electron chi connectivity index (χ4n) is 3.26. The van der Waals surface area contributed by atoms with Gasteiger partial charge >= 0.3 is 0 Å². The number of rotatable bonds is 4. The Balaban J connectivity index is 1.77. The van der Waals surface area contributed by atoms with Crippen molar-refractivity contribution in [2.45, 2.75) is 16.9 Å². The molecule has 3 nitrogen and oxygen atoms in total. The van der Waals surface area contributed by atoms with Crippen LogP contribution in [0.2, 0.25) is 5.02 Å². The first kappa shape index (κ1) is 19.6. The molecule has 0 fully saturated rings. The van der Waals surface area contributed by atoms with Crippen LogP contribution in [0, 0.1) is 0 Å². The predicted molar refractivity (Wildman–Crippen MR) is 119 cm³/mol. The highest BCUT2D eigenvalue weighted by atomic mass is 79.9. The molecule has 1 aromatic heterocycles. The van der Waals surface area contributed by atoms with Crippen molar-refractivity contribution in [2.24, 2.45) is 0 Å². The van der Waals surface area contributed by atoms with Crippen molar-refractivity contribution in [1.82, 2.24) is 5.32 Å². The Bertz CT molecular complexity index is 1050. The fourth-order valence-corrected chi connectivity index (χ4v) is 5.37. The van der Waals surface area contributed by atoms with Crippen LogP contribution in [-0.2, 0) is 10.3 Å². The lowest BCUT2D eigenvalue weighted by Gasteiger charge is -2.38. The van der Waals surface area contributed by atoms with Crippen molar-refractivity contribution in [3.05, 3.63) is 96.6 Å². The van der Waals surface area contributed by atoms with Gasteiger partial charge in [-0.1, -0.05) is 63.6 Å². The molecule has 1 amide bonds. The molecule has 0 bridgehead atoms. The van der Waals surface area contributed by atoms with Crippen LogP contribution in [0.3, 0.4) is 0 Å². The van der Waals surface area contributed by atoms with E-state index in [0.29, 0.717) is 5.02 Å². The van der Waals surface area contributed by atoms with Gasteiger partial charge in [-0.25, -0.2) is 0 Å².